The van der Waals surface area contributed by atoms with Crippen molar-refractivity contribution in [2.45, 2.75) is 19.0 Å². The molecule has 5 amide bonds. The van der Waals surface area contributed by atoms with Gasteiger partial charge in [0, 0.05) is 12.3 Å². The highest BCUT2D eigenvalue weighted by Crippen LogP contribution is 2.19. The molecule has 1 fully saturated rings. The summed E-state index contributed by atoms with van der Waals surface area (Å²) in [6.07, 6.45) is -0.680. The van der Waals surface area contributed by atoms with Crippen molar-refractivity contribution < 1.29 is 37.8 Å². The molecule has 0 bridgehead atoms. The predicted molar refractivity (Wildman–Crippen MR) is 88.0 cm³/mol. The van der Waals surface area contributed by atoms with Crippen LogP contribution in [0.1, 0.15) is 17.4 Å². The largest absolute Gasteiger partial charge is 0.503 e. The van der Waals surface area contributed by atoms with E-state index in [1.54, 1.807) is 5.43 Å². The number of pyridine rings is 1. The van der Waals surface area contributed by atoms with Gasteiger partial charge in [0.05, 0.1) is 6.04 Å². The Morgan fingerprint density at radius 1 is 1.25 bits per heavy atom. The number of likely N-dealkylation sites (tertiary alicyclic amines) is 1. The first-order valence-corrected chi connectivity index (χ1v) is 8.79. The van der Waals surface area contributed by atoms with E-state index in [4.69, 9.17) is 10.2 Å². The molecule has 0 aliphatic carbocycles. The first-order valence-electron chi connectivity index (χ1n) is 7.31. The SMILES string of the molecule is C[C@H]1[C@H](NC(=O)O)C(=O)N1C(=O)NS(=O)(=O)NNC(=O)c1cc(=O)c(O)c[nH]1. The molecular formula is C12H14N6O9S. The molecule has 0 aromatic carbocycles. The first kappa shape index (κ1) is 20.6. The second-order valence-electron chi connectivity index (χ2n) is 5.44. The van der Waals surface area contributed by atoms with Crippen LogP contribution >= 0.6 is 0 Å². The monoisotopic (exact) mass is 418 g/mol. The van der Waals surface area contributed by atoms with Crippen molar-refractivity contribution in [3.63, 3.8) is 0 Å². The maximum Gasteiger partial charge on any atom is 0.405 e. The van der Waals surface area contributed by atoms with Crippen LogP contribution in [0.4, 0.5) is 9.59 Å². The third-order valence-electron chi connectivity index (χ3n) is 3.55. The summed E-state index contributed by atoms with van der Waals surface area (Å²) in [5.41, 5.74) is 0.396. The molecule has 1 aromatic heterocycles. The Balaban J connectivity index is 1.94. The van der Waals surface area contributed by atoms with Crippen molar-refractivity contribution >= 4 is 34.1 Å². The van der Waals surface area contributed by atoms with Crippen LogP contribution in [0.25, 0.3) is 0 Å². The van der Waals surface area contributed by atoms with Gasteiger partial charge in [0.1, 0.15) is 11.7 Å². The fourth-order valence-electron chi connectivity index (χ4n) is 2.19. The molecule has 0 saturated carbocycles. The number of urea groups is 1. The third-order valence-corrected chi connectivity index (χ3v) is 4.36. The Hall–Kier alpha value is -3.66. The second kappa shape index (κ2) is 7.53. The summed E-state index contributed by atoms with van der Waals surface area (Å²) in [6.45, 7) is 1.31. The fourth-order valence-corrected chi connectivity index (χ4v) is 2.80. The molecule has 1 aromatic rings. The lowest BCUT2D eigenvalue weighted by Crippen LogP contribution is -2.73. The summed E-state index contributed by atoms with van der Waals surface area (Å²) in [7, 11) is -4.66. The number of imide groups is 1. The van der Waals surface area contributed by atoms with Gasteiger partial charge in [-0.15, -0.1) is 4.83 Å². The van der Waals surface area contributed by atoms with Crippen molar-refractivity contribution in [3.8, 4) is 5.75 Å². The van der Waals surface area contributed by atoms with Gasteiger partial charge in [-0.1, -0.05) is 0 Å². The number of amides is 5. The highest BCUT2D eigenvalue weighted by atomic mass is 32.2. The van der Waals surface area contributed by atoms with Gasteiger partial charge in [-0.25, -0.2) is 14.3 Å². The number of nitrogens with zero attached hydrogens (tertiary/aromatic N) is 1. The predicted octanol–water partition coefficient (Wildman–Crippen LogP) is -2.86. The number of β-lactam (4-membered cyclic amide) rings is 1. The van der Waals surface area contributed by atoms with Crippen LogP contribution in [0.5, 0.6) is 5.75 Å². The van der Waals surface area contributed by atoms with Gasteiger partial charge in [0.25, 0.3) is 11.8 Å². The Kier molecular flexibility index (Phi) is 5.55. The van der Waals surface area contributed by atoms with Crippen LogP contribution in [0.2, 0.25) is 0 Å². The van der Waals surface area contributed by atoms with E-state index < -0.39 is 63.1 Å². The molecule has 0 unspecified atom stereocenters. The summed E-state index contributed by atoms with van der Waals surface area (Å²) in [4.78, 5) is 61.4. The number of carbonyl (C=O) groups excluding carboxylic acids is 3. The molecule has 28 heavy (non-hydrogen) atoms. The van der Waals surface area contributed by atoms with Gasteiger partial charge < -0.3 is 20.5 Å². The minimum atomic E-state index is -4.66. The number of hydrogen-bond acceptors (Lipinski definition) is 8. The maximum atomic E-state index is 11.9. The number of aromatic nitrogens is 1. The zero-order valence-electron chi connectivity index (χ0n) is 13.9. The van der Waals surface area contributed by atoms with E-state index in [1.807, 2.05) is 5.32 Å². The van der Waals surface area contributed by atoms with Crippen LogP contribution in [0.3, 0.4) is 0 Å². The van der Waals surface area contributed by atoms with Crippen molar-refractivity contribution in [2.75, 3.05) is 0 Å². The number of carboxylic acid groups (broad SMARTS) is 1. The molecule has 16 heteroatoms. The van der Waals surface area contributed by atoms with E-state index in [-0.39, 0.29) is 0 Å². The molecule has 0 spiro atoms. The van der Waals surface area contributed by atoms with Gasteiger partial charge in [0.2, 0.25) is 5.43 Å². The molecule has 15 nitrogen and oxygen atoms in total. The van der Waals surface area contributed by atoms with E-state index in [2.05, 4.69) is 4.98 Å². The highest BCUT2D eigenvalue weighted by molar-refractivity contribution is 7.88. The fraction of sp³-hybridized carbons (Fsp3) is 0.250. The molecule has 152 valence electrons. The van der Waals surface area contributed by atoms with E-state index in [9.17, 15) is 32.4 Å². The second-order valence-corrected chi connectivity index (χ2v) is 6.85. The Labute approximate surface area is 155 Å². The molecule has 2 atom stereocenters. The summed E-state index contributed by atoms with van der Waals surface area (Å²) in [6, 6.07) is -2.82. The minimum Gasteiger partial charge on any atom is -0.503 e. The average Bonchev–Trinajstić information content (AvgIpc) is 2.59. The van der Waals surface area contributed by atoms with Crippen molar-refractivity contribution in [3.05, 3.63) is 28.2 Å². The lowest BCUT2D eigenvalue weighted by atomic mass is 9.98. The maximum absolute atomic E-state index is 11.9. The van der Waals surface area contributed by atoms with Crippen LogP contribution < -0.4 is 25.7 Å². The third kappa shape index (κ3) is 4.35. The number of hydrogen-bond donors (Lipinski definition) is 7. The standard InChI is InChI=1S/C12H14N6O9S/c1-4-8(14-12(24)25)10(22)18(4)11(23)16-28(26,27)17-15-9(21)5-2-6(19)7(20)3-13-5/h2-4,8,14,17,20H,1H3,(H,13,19)(H,15,21)(H,16,23)(H,24,25)/t4-,8-/m0/s1. The smallest absolute Gasteiger partial charge is 0.405 e. The zero-order chi connectivity index (χ0) is 21.2. The molecule has 1 aliphatic heterocycles. The van der Waals surface area contributed by atoms with Crippen LogP contribution in [0, 0.1) is 0 Å². The normalized spacial score (nSPS) is 18.8. The Bertz CT molecular complexity index is 1000. The van der Waals surface area contributed by atoms with E-state index >= 15 is 0 Å². The number of nitrogens with one attached hydrogen (secondary N) is 5. The lowest BCUT2D eigenvalue weighted by molar-refractivity contribution is -0.143. The molecular weight excluding hydrogens is 404 g/mol. The first-order chi connectivity index (χ1) is 12.9. The zero-order valence-corrected chi connectivity index (χ0v) is 14.7. The number of hydrazine groups is 1. The van der Waals surface area contributed by atoms with Gasteiger partial charge in [-0.05, 0) is 6.92 Å². The number of carbonyl (C=O) groups is 4. The van der Waals surface area contributed by atoms with Crippen molar-refractivity contribution in [2.24, 2.45) is 0 Å². The van der Waals surface area contributed by atoms with E-state index in [0.29, 0.717) is 11.0 Å². The minimum absolute atomic E-state index is 0.397. The number of aromatic amines is 1. The molecule has 1 saturated heterocycles. The van der Waals surface area contributed by atoms with Gasteiger partial charge >= 0.3 is 22.3 Å². The van der Waals surface area contributed by atoms with Crippen LogP contribution in [-0.4, -0.2) is 64.5 Å². The highest BCUT2D eigenvalue weighted by Gasteiger charge is 2.49. The lowest BCUT2D eigenvalue weighted by Gasteiger charge is -2.42. The Morgan fingerprint density at radius 2 is 1.89 bits per heavy atom. The summed E-state index contributed by atoms with van der Waals surface area (Å²) in [5, 5.41) is 19.5. The molecule has 1 aliphatic rings. The topological polar surface area (TPSA) is 227 Å². The molecule has 7 N–H and O–H groups in total. The quantitative estimate of drug-likeness (QED) is 0.192. The average molecular weight is 418 g/mol. The van der Waals surface area contributed by atoms with Gasteiger partial charge in [-0.2, -0.15) is 8.42 Å². The summed E-state index contributed by atoms with van der Waals surface area (Å²) < 4.78 is 25.0. The summed E-state index contributed by atoms with van der Waals surface area (Å²) in [5.74, 6) is -2.74. The molecule has 0 radical (unpaired) electrons. The van der Waals surface area contributed by atoms with Crippen molar-refractivity contribution in [1.29, 1.82) is 0 Å². The number of rotatable bonds is 5. The van der Waals surface area contributed by atoms with E-state index in [0.717, 1.165) is 6.20 Å². The summed E-state index contributed by atoms with van der Waals surface area (Å²) >= 11 is 0. The van der Waals surface area contributed by atoms with Crippen molar-refractivity contribution in [1.82, 2.24) is 30.2 Å². The van der Waals surface area contributed by atoms with E-state index in [1.165, 1.54) is 16.5 Å². The number of aromatic hydroxyl groups is 1. The Morgan fingerprint density at radius 3 is 2.43 bits per heavy atom. The van der Waals surface area contributed by atoms with Crippen LogP contribution in [0.15, 0.2) is 17.1 Å². The van der Waals surface area contributed by atoms with Gasteiger partial charge in [0.15, 0.2) is 5.75 Å². The van der Waals surface area contributed by atoms with Gasteiger partial charge in [-0.3, -0.25) is 24.7 Å². The molecule has 2 heterocycles. The van der Waals surface area contributed by atoms with Crippen LogP contribution in [-0.2, 0) is 15.0 Å². The molecule has 2 rings (SSSR count). The number of H-pyrrole nitrogens is 1.